The zero-order valence-corrected chi connectivity index (χ0v) is 21.5. The number of nitrogen functional groups attached to an aromatic ring is 2. The highest BCUT2D eigenvalue weighted by molar-refractivity contribution is 6.07. The number of hydrogen-bond donors (Lipinski definition) is 3. The molecular formula is C29H43N3O3. The van der Waals surface area contributed by atoms with Gasteiger partial charge in [0.1, 0.15) is 6.10 Å². The molecular weight excluding hydrogens is 438 g/mol. The molecule has 1 fully saturated rings. The Morgan fingerprint density at radius 2 is 1.46 bits per heavy atom. The van der Waals surface area contributed by atoms with Gasteiger partial charge in [0, 0.05) is 38.4 Å². The molecule has 1 heterocycles. The van der Waals surface area contributed by atoms with Gasteiger partial charge in [-0.05, 0) is 67.9 Å². The predicted molar refractivity (Wildman–Crippen MR) is 151 cm³/mol. The zero-order chi connectivity index (χ0) is 26.2. The average molecular weight is 482 g/mol. The smallest absolute Gasteiger partial charge is 0.255 e. The standard InChI is InChI=1S/C21H24N2O3.C6H7N.C2H6.3H2/c1-12(2)18(24)13-8-14(19-21(3,4)26-19)10-15(9-13)20(25)23-17-7-5-6-16(22)11-17;7-6-4-2-1-3-5-6;1-2;;;/h5-12,19H,22H2,1-4H3,(H,23,25);1-5H,7H2;1-2H3;3*1H. The van der Waals surface area contributed by atoms with Crippen molar-refractivity contribution in [1.82, 2.24) is 0 Å². The zero-order valence-electron chi connectivity index (χ0n) is 21.5. The van der Waals surface area contributed by atoms with E-state index in [2.05, 4.69) is 5.32 Å². The first-order chi connectivity index (χ1) is 16.6. The van der Waals surface area contributed by atoms with Crippen molar-refractivity contribution in [3.05, 3.63) is 89.5 Å². The first-order valence-corrected chi connectivity index (χ1v) is 11.9. The van der Waals surface area contributed by atoms with Gasteiger partial charge in [0.2, 0.25) is 0 Å². The van der Waals surface area contributed by atoms with Crippen molar-refractivity contribution in [2.45, 2.75) is 53.2 Å². The fourth-order valence-electron chi connectivity index (χ4n) is 3.42. The predicted octanol–water partition coefficient (Wildman–Crippen LogP) is 7.24. The number of amides is 1. The topological polar surface area (TPSA) is 111 Å². The normalized spacial score (nSPS) is 15.1. The number of anilines is 3. The van der Waals surface area contributed by atoms with Gasteiger partial charge in [-0.3, -0.25) is 9.59 Å². The van der Waals surface area contributed by atoms with Crippen molar-refractivity contribution in [3.8, 4) is 0 Å². The molecule has 0 aliphatic carbocycles. The minimum atomic E-state index is -0.284. The third-order valence-corrected chi connectivity index (χ3v) is 5.27. The van der Waals surface area contributed by atoms with E-state index in [1.165, 1.54) is 0 Å². The van der Waals surface area contributed by atoms with Crippen LogP contribution in [0.25, 0.3) is 0 Å². The van der Waals surface area contributed by atoms with Crippen LogP contribution in [0, 0.1) is 5.92 Å². The Morgan fingerprint density at radius 3 is 1.94 bits per heavy atom. The molecule has 1 aliphatic rings. The molecule has 0 spiro atoms. The number of ether oxygens (including phenoxy) is 1. The van der Waals surface area contributed by atoms with Crippen LogP contribution in [-0.2, 0) is 4.74 Å². The van der Waals surface area contributed by atoms with E-state index >= 15 is 0 Å². The van der Waals surface area contributed by atoms with Gasteiger partial charge in [-0.2, -0.15) is 0 Å². The molecule has 0 bridgehead atoms. The lowest BCUT2D eigenvalue weighted by molar-refractivity contribution is 0.0939. The monoisotopic (exact) mass is 481 g/mol. The highest BCUT2D eigenvalue weighted by Gasteiger charge is 2.49. The maximum atomic E-state index is 12.7. The fraction of sp³-hybridized carbons (Fsp3) is 0.310. The van der Waals surface area contributed by atoms with Crippen molar-refractivity contribution < 1.29 is 18.6 Å². The van der Waals surface area contributed by atoms with E-state index in [1.54, 1.807) is 36.4 Å². The lowest BCUT2D eigenvalue weighted by Gasteiger charge is -2.11. The number of carbonyl (C=O) groups is 2. The van der Waals surface area contributed by atoms with Crippen molar-refractivity contribution in [2.75, 3.05) is 16.8 Å². The lowest BCUT2D eigenvalue weighted by Crippen LogP contribution is -2.15. The second kappa shape index (κ2) is 12.2. The van der Waals surface area contributed by atoms with Crippen LogP contribution in [-0.4, -0.2) is 17.3 Å². The molecule has 1 aliphatic heterocycles. The minimum Gasteiger partial charge on any atom is -0.399 e. The van der Waals surface area contributed by atoms with Crippen molar-refractivity contribution in [2.24, 2.45) is 5.92 Å². The molecule has 3 aromatic carbocycles. The molecule has 192 valence electrons. The number of nitrogens with one attached hydrogen (secondary N) is 1. The summed E-state index contributed by atoms with van der Waals surface area (Å²) in [4.78, 5) is 25.2. The summed E-state index contributed by atoms with van der Waals surface area (Å²) in [5.41, 5.74) is 14.6. The Morgan fingerprint density at radius 1 is 0.886 bits per heavy atom. The summed E-state index contributed by atoms with van der Waals surface area (Å²) in [6, 6.07) is 21.7. The fourth-order valence-corrected chi connectivity index (χ4v) is 3.42. The molecule has 35 heavy (non-hydrogen) atoms. The maximum Gasteiger partial charge on any atom is 0.255 e. The third kappa shape index (κ3) is 7.97. The molecule has 0 radical (unpaired) electrons. The largest absolute Gasteiger partial charge is 0.399 e. The first-order valence-electron chi connectivity index (χ1n) is 11.9. The molecule has 1 saturated heterocycles. The van der Waals surface area contributed by atoms with E-state index < -0.39 is 0 Å². The van der Waals surface area contributed by atoms with Crippen LogP contribution in [0.5, 0.6) is 0 Å². The van der Waals surface area contributed by atoms with Gasteiger partial charge in [0.15, 0.2) is 5.78 Å². The van der Waals surface area contributed by atoms with Gasteiger partial charge in [-0.1, -0.05) is 52.0 Å². The van der Waals surface area contributed by atoms with E-state index in [4.69, 9.17) is 16.2 Å². The summed E-state index contributed by atoms with van der Waals surface area (Å²) in [5.74, 6) is -0.430. The summed E-state index contributed by atoms with van der Waals surface area (Å²) in [6.45, 7) is 11.7. The Hall–Kier alpha value is -3.64. The van der Waals surface area contributed by atoms with Crippen LogP contribution in [0.1, 0.15) is 78.2 Å². The van der Waals surface area contributed by atoms with E-state index in [0.29, 0.717) is 22.5 Å². The van der Waals surface area contributed by atoms with Crippen LogP contribution in [0.4, 0.5) is 17.1 Å². The molecule has 5 N–H and O–H groups in total. The second-order valence-corrected chi connectivity index (χ2v) is 8.95. The number of Topliss-reactive ketones (excluding diaryl/α,β-unsaturated/α-hetero) is 1. The Kier molecular flexibility index (Phi) is 9.60. The van der Waals surface area contributed by atoms with Gasteiger partial charge in [0.05, 0.1) is 5.60 Å². The summed E-state index contributed by atoms with van der Waals surface area (Å²) < 4.78 is 5.69. The van der Waals surface area contributed by atoms with Crippen LogP contribution in [0.2, 0.25) is 0 Å². The molecule has 6 heteroatoms. The molecule has 1 unspecified atom stereocenters. The van der Waals surface area contributed by atoms with E-state index in [1.807, 2.05) is 77.9 Å². The van der Waals surface area contributed by atoms with Gasteiger partial charge < -0.3 is 21.5 Å². The van der Waals surface area contributed by atoms with Gasteiger partial charge in [-0.25, -0.2) is 0 Å². The van der Waals surface area contributed by atoms with Crippen molar-refractivity contribution >= 4 is 28.8 Å². The number of carbonyl (C=O) groups excluding carboxylic acids is 2. The molecule has 0 saturated carbocycles. The number of para-hydroxylation sites is 1. The van der Waals surface area contributed by atoms with E-state index in [0.717, 1.165) is 11.3 Å². The van der Waals surface area contributed by atoms with E-state index in [9.17, 15) is 9.59 Å². The third-order valence-electron chi connectivity index (χ3n) is 5.27. The number of rotatable bonds is 5. The molecule has 6 nitrogen and oxygen atoms in total. The van der Waals surface area contributed by atoms with Crippen LogP contribution < -0.4 is 16.8 Å². The SMILES string of the molecule is CC.CC(C)C(=O)c1cc(C(=O)Nc2cccc(N)c2)cc(C2OC2(C)C)c1.Nc1ccccc1.[HH].[HH].[HH]. The summed E-state index contributed by atoms with van der Waals surface area (Å²) in [6.07, 6.45) is -0.110. The Balaban J connectivity index is 0. The molecule has 1 atom stereocenters. The highest BCUT2D eigenvalue weighted by atomic mass is 16.6. The molecule has 0 aromatic heterocycles. The van der Waals surface area contributed by atoms with Crippen LogP contribution in [0.3, 0.4) is 0 Å². The van der Waals surface area contributed by atoms with Crippen LogP contribution in [0.15, 0.2) is 72.8 Å². The van der Waals surface area contributed by atoms with Crippen LogP contribution >= 0.6 is 0 Å². The average Bonchev–Trinajstić information content (AvgIpc) is 3.48. The summed E-state index contributed by atoms with van der Waals surface area (Å²) >= 11 is 0. The molecule has 3 aromatic rings. The number of nitrogens with two attached hydrogens (primary N) is 2. The number of ketones is 1. The Bertz CT molecular complexity index is 1160. The van der Waals surface area contributed by atoms with Crippen molar-refractivity contribution in [3.63, 3.8) is 0 Å². The van der Waals surface area contributed by atoms with Gasteiger partial charge in [-0.15, -0.1) is 0 Å². The van der Waals surface area contributed by atoms with Gasteiger partial charge >= 0.3 is 0 Å². The van der Waals surface area contributed by atoms with Crippen molar-refractivity contribution in [1.29, 1.82) is 0 Å². The molecule has 1 amide bonds. The summed E-state index contributed by atoms with van der Waals surface area (Å²) in [5, 5.41) is 2.83. The first kappa shape index (κ1) is 27.6. The maximum absolute atomic E-state index is 12.7. The van der Waals surface area contributed by atoms with E-state index in [-0.39, 0.29) is 33.6 Å². The van der Waals surface area contributed by atoms with Gasteiger partial charge in [0.25, 0.3) is 5.91 Å². The number of benzene rings is 3. The Labute approximate surface area is 213 Å². The number of epoxide rings is 1. The molecule has 4 rings (SSSR count). The second-order valence-electron chi connectivity index (χ2n) is 8.95. The minimum absolute atomic E-state index is 0. The lowest BCUT2D eigenvalue weighted by atomic mass is 9.93. The summed E-state index contributed by atoms with van der Waals surface area (Å²) in [7, 11) is 0. The highest BCUT2D eigenvalue weighted by Crippen LogP contribution is 2.49. The number of hydrogen-bond acceptors (Lipinski definition) is 5. The quantitative estimate of drug-likeness (QED) is 0.202.